The molecule has 0 aliphatic carbocycles. The number of carbonyl (C=O) groups is 4. The lowest BCUT2D eigenvalue weighted by molar-refractivity contribution is -0.120. The van der Waals surface area contributed by atoms with E-state index in [2.05, 4.69) is 32.8 Å². The molecule has 0 bridgehead atoms. The smallest absolute Gasteiger partial charge is 0.407 e. The first kappa shape index (κ1) is 51.6. The zero-order valence-corrected chi connectivity index (χ0v) is 41.8. The van der Waals surface area contributed by atoms with Gasteiger partial charge in [0, 0.05) is 99.5 Å². The molecule has 6 heterocycles. The molecule has 0 unspecified atom stereocenters. The summed E-state index contributed by atoms with van der Waals surface area (Å²) in [7, 11) is -0.0681. The first-order chi connectivity index (χ1) is 30.8. The van der Waals surface area contributed by atoms with Gasteiger partial charge in [-0.15, -0.1) is 0 Å². The van der Waals surface area contributed by atoms with Crippen LogP contribution >= 0.6 is 10.7 Å². The summed E-state index contributed by atoms with van der Waals surface area (Å²) in [6.07, 6.45) is 4.73. The van der Waals surface area contributed by atoms with Gasteiger partial charge in [0.05, 0.1) is 5.52 Å². The zero-order valence-electron chi connectivity index (χ0n) is 39.4. The Morgan fingerprint density at radius 2 is 1.42 bits per heavy atom. The van der Waals surface area contributed by atoms with Crippen LogP contribution in [0.1, 0.15) is 111 Å². The van der Waals surface area contributed by atoms with E-state index in [0.717, 1.165) is 56.2 Å². The number of urea groups is 1. The second-order valence-corrected chi connectivity index (χ2v) is 24.6. The number of halogens is 1. The number of nitrogens with one attached hydrogen (secondary N) is 2. The lowest BCUT2D eigenvalue weighted by Gasteiger charge is -2.42. The fourth-order valence-electron chi connectivity index (χ4n) is 9.79. The van der Waals surface area contributed by atoms with Gasteiger partial charge >= 0.3 is 18.2 Å². The van der Waals surface area contributed by atoms with Crippen LogP contribution in [0.25, 0.3) is 10.9 Å². The van der Waals surface area contributed by atoms with Crippen LogP contribution in [-0.2, 0) is 36.0 Å². The Labute approximate surface area is 394 Å². The summed E-state index contributed by atoms with van der Waals surface area (Å²) < 4.78 is 60.7. The Balaban J connectivity index is 0.000000337. The minimum atomic E-state index is -3.69. The number of aryl methyl sites for hydroxylation is 1. The highest BCUT2D eigenvalue weighted by molar-refractivity contribution is 8.11. The van der Waals surface area contributed by atoms with E-state index in [0.29, 0.717) is 76.1 Å². The molecule has 0 radical (unpaired) electrons. The Hall–Kier alpha value is -3.80. The lowest BCUT2D eigenvalue weighted by atomic mass is 9.88. The number of hydrogen-bond acceptors (Lipinski definition) is 11. The van der Waals surface area contributed by atoms with Crippen LogP contribution in [0.15, 0.2) is 18.2 Å². The highest BCUT2D eigenvalue weighted by atomic mass is 35.7. The van der Waals surface area contributed by atoms with Crippen LogP contribution in [0.2, 0.25) is 0 Å². The van der Waals surface area contributed by atoms with Crippen molar-refractivity contribution in [2.45, 2.75) is 128 Å². The molecule has 5 amide bonds. The van der Waals surface area contributed by atoms with Crippen molar-refractivity contribution in [1.82, 2.24) is 43.1 Å². The number of hydrogen-bond donors (Lipinski definition) is 3. The number of aromatic nitrogens is 2. The Bertz CT molecular complexity index is 2290. The second kappa shape index (κ2) is 20.8. The van der Waals surface area contributed by atoms with E-state index in [1.165, 1.54) is 14.8 Å². The van der Waals surface area contributed by atoms with E-state index < -0.39 is 48.8 Å². The monoisotopic (exact) mass is 984 g/mol. The van der Waals surface area contributed by atoms with E-state index >= 15 is 0 Å². The predicted octanol–water partition coefficient (Wildman–Crippen LogP) is 4.86. The quantitative estimate of drug-likeness (QED) is 0.287. The zero-order chi connectivity index (χ0) is 48.4. The van der Waals surface area contributed by atoms with Gasteiger partial charge in [-0.25, -0.2) is 14.4 Å². The maximum atomic E-state index is 13.4. The van der Waals surface area contributed by atoms with Gasteiger partial charge in [0.1, 0.15) is 5.60 Å². The topological polar surface area (TPSA) is 227 Å². The molecular weight excluding hydrogens is 916 g/mol. The molecular formula is C43H69ClN10O10S2. The van der Waals surface area contributed by atoms with Gasteiger partial charge < -0.3 is 25.0 Å². The van der Waals surface area contributed by atoms with Gasteiger partial charge in [-0.05, 0) is 136 Å². The first-order valence-corrected chi connectivity index (χ1v) is 26.7. The third-order valence-electron chi connectivity index (χ3n) is 13.2. The molecule has 5 aliphatic rings. The van der Waals surface area contributed by atoms with Gasteiger partial charge in [-0.3, -0.25) is 19.7 Å². The molecule has 5 saturated heterocycles. The van der Waals surface area contributed by atoms with Gasteiger partial charge in [0.15, 0.2) is 5.82 Å². The molecule has 20 nitrogen and oxygen atoms in total. The molecule has 66 heavy (non-hydrogen) atoms. The number of carbonyl (C=O) groups excluding carboxylic acids is 3. The Morgan fingerprint density at radius 1 is 0.848 bits per heavy atom. The summed E-state index contributed by atoms with van der Waals surface area (Å²) >= 11 is 0. The molecule has 1 aromatic carbocycles. The largest absolute Gasteiger partial charge is 0.465 e. The van der Waals surface area contributed by atoms with Crippen LogP contribution in [0.4, 0.5) is 20.2 Å². The Morgan fingerprint density at radius 3 is 1.95 bits per heavy atom. The van der Waals surface area contributed by atoms with Crippen molar-refractivity contribution in [3.63, 3.8) is 0 Å². The van der Waals surface area contributed by atoms with Crippen molar-refractivity contribution >= 4 is 71.0 Å². The average Bonchev–Trinajstić information content (AvgIpc) is 3.55. The third kappa shape index (κ3) is 13.0. The van der Waals surface area contributed by atoms with Crippen LogP contribution in [0.5, 0.6) is 0 Å². The molecule has 3 N–H and O–H groups in total. The first-order valence-electron chi connectivity index (χ1n) is 23.1. The second-order valence-electron chi connectivity index (χ2n) is 20.1. The summed E-state index contributed by atoms with van der Waals surface area (Å²) in [5, 5.41) is 20.0. The van der Waals surface area contributed by atoms with E-state index in [-0.39, 0.29) is 37.5 Å². The number of nitrogens with zero attached hydrogens (tertiary/aromatic N) is 8. The number of benzene rings is 1. The Kier molecular flexibility index (Phi) is 16.3. The number of amides is 5. The van der Waals surface area contributed by atoms with Crippen LogP contribution in [0.3, 0.4) is 0 Å². The standard InChI is InChI=1S/C33H50N8O6S.C10H19ClN2O4S/c1-33(2,3)47-32(44)34-26-11-18-40(19-12-26)48(45,46)39-16-7-23(8-17-39)22-38-14-9-24(10-15-38)25-5-6-27-28(21-25)37(4)36-30(27)41-20-13-29(42)35-31(41)43;1-10(2,3)13(9(14)15)8-4-6-12(7-5-8)18(11,16)17/h5-6,21,23-24,26H,7-20,22H2,1-4H3,(H,34,44)(H,35,42,43);8H,4-7H2,1-3H3,(H,14,15). The van der Waals surface area contributed by atoms with E-state index in [1.807, 2.05) is 59.3 Å². The molecule has 0 saturated carbocycles. The van der Waals surface area contributed by atoms with Crippen molar-refractivity contribution in [2.24, 2.45) is 13.0 Å². The van der Waals surface area contributed by atoms with Crippen molar-refractivity contribution in [2.75, 3.05) is 70.3 Å². The highest BCUT2D eigenvalue weighted by Gasteiger charge is 2.39. The highest BCUT2D eigenvalue weighted by Crippen LogP contribution is 2.35. The minimum absolute atomic E-state index is 0.0877. The number of anilines is 1. The third-order valence-corrected chi connectivity index (χ3v) is 16.8. The molecule has 5 fully saturated rings. The van der Waals surface area contributed by atoms with Gasteiger partial charge in [-0.2, -0.15) is 34.8 Å². The van der Waals surface area contributed by atoms with Crippen LogP contribution in [-0.4, -0.2) is 167 Å². The molecule has 23 heteroatoms. The number of ether oxygens (including phenoxy) is 1. The fraction of sp³-hybridized carbons (Fsp3) is 0.744. The van der Waals surface area contributed by atoms with E-state index in [4.69, 9.17) is 15.4 Å². The summed E-state index contributed by atoms with van der Waals surface area (Å²) in [6, 6.07) is 5.70. The maximum absolute atomic E-state index is 13.4. The summed E-state index contributed by atoms with van der Waals surface area (Å²) in [5.41, 5.74) is 1.18. The van der Waals surface area contributed by atoms with Crippen molar-refractivity contribution in [3.8, 4) is 0 Å². The number of fused-ring (bicyclic) bond motifs is 1. The lowest BCUT2D eigenvalue weighted by Crippen LogP contribution is -2.54. The number of carboxylic acid groups (broad SMARTS) is 1. The minimum Gasteiger partial charge on any atom is -0.465 e. The molecule has 5 aliphatic heterocycles. The molecule has 7 rings (SSSR count). The number of imide groups is 1. The molecule has 370 valence electrons. The normalized spacial score (nSPS) is 21.6. The van der Waals surface area contributed by atoms with Gasteiger partial charge in [-0.1, -0.05) is 6.07 Å². The number of alkyl carbamates (subject to hydrolysis) is 1. The van der Waals surface area contributed by atoms with Crippen LogP contribution in [0, 0.1) is 5.92 Å². The van der Waals surface area contributed by atoms with Gasteiger partial charge in [0.2, 0.25) is 5.91 Å². The van der Waals surface area contributed by atoms with Gasteiger partial charge in [0.25, 0.3) is 19.4 Å². The van der Waals surface area contributed by atoms with Crippen molar-refractivity contribution in [3.05, 3.63) is 23.8 Å². The van der Waals surface area contributed by atoms with E-state index in [9.17, 15) is 41.1 Å². The maximum Gasteiger partial charge on any atom is 0.407 e. The number of likely N-dealkylation sites (tertiary alicyclic amines) is 1. The molecule has 0 spiro atoms. The molecule has 1 aromatic heterocycles. The fourth-order valence-corrected chi connectivity index (χ4v) is 12.5. The molecule has 2 aromatic rings. The average molecular weight is 986 g/mol. The number of piperidine rings is 4. The molecule has 0 atom stereocenters. The van der Waals surface area contributed by atoms with E-state index in [1.54, 1.807) is 13.5 Å². The summed E-state index contributed by atoms with van der Waals surface area (Å²) in [6.45, 7) is 16.7. The summed E-state index contributed by atoms with van der Waals surface area (Å²) in [4.78, 5) is 52.9. The predicted molar refractivity (Wildman–Crippen MR) is 251 cm³/mol. The van der Waals surface area contributed by atoms with Crippen molar-refractivity contribution < 1.29 is 45.9 Å². The van der Waals surface area contributed by atoms with Crippen LogP contribution < -0.4 is 15.5 Å². The van der Waals surface area contributed by atoms with Crippen molar-refractivity contribution in [1.29, 1.82) is 0 Å². The summed E-state index contributed by atoms with van der Waals surface area (Å²) in [5.74, 6) is 1.23. The number of rotatable bonds is 9. The SMILES string of the molecule is CC(C)(C)N(C(=O)O)C1CCN(S(=O)(=O)Cl)CC1.Cn1nc(N2CCC(=O)NC2=O)c2ccc(C3CCN(CC4CCN(S(=O)(=O)N5CCC(NC(=O)OC(C)(C)C)CC5)CC4)CC3)cc21.